The van der Waals surface area contributed by atoms with Gasteiger partial charge in [0, 0.05) is 38.4 Å². The summed E-state index contributed by atoms with van der Waals surface area (Å²) < 4.78 is 16.9. The smallest absolute Gasteiger partial charge is 0.260 e. The molecule has 0 spiro atoms. The lowest BCUT2D eigenvalue weighted by atomic mass is 9.83. The SMILES string of the molecule is COCCN(C[C@@H]1CCCN2CCCC[C@H]12)C(=O)COc1cc(O)c2c(c1)OC(C)(C)CC2=O. The summed E-state index contributed by atoms with van der Waals surface area (Å²) in [5, 5.41) is 10.4. The summed E-state index contributed by atoms with van der Waals surface area (Å²) in [5.74, 6) is 0.596. The Kier molecular flexibility index (Phi) is 7.67. The van der Waals surface area contributed by atoms with Crippen molar-refractivity contribution in [3.8, 4) is 17.2 Å². The first kappa shape index (κ1) is 24.8. The Balaban J connectivity index is 1.42. The average molecular weight is 475 g/mol. The van der Waals surface area contributed by atoms with Gasteiger partial charge >= 0.3 is 0 Å². The van der Waals surface area contributed by atoms with Crippen LogP contribution >= 0.6 is 0 Å². The van der Waals surface area contributed by atoms with Gasteiger partial charge in [0.1, 0.15) is 28.4 Å². The number of rotatable bonds is 8. The highest BCUT2D eigenvalue weighted by Crippen LogP contribution is 2.41. The summed E-state index contributed by atoms with van der Waals surface area (Å²) in [6.45, 7) is 7.52. The van der Waals surface area contributed by atoms with Crippen LogP contribution < -0.4 is 9.47 Å². The summed E-state index contributed by atoms with van der Waals surface area (Å²) in [5.41, 5.74) is -0.483. The number of phenols is 1. The van der Waals surface area contributed by atoms with E-state index in [4.69, 9.17) is 14.2 Å². The normalized spacial score (nSPS) is 24.0. The maximum atomic E-state index is 13.2. The van der Waals surface area contributed by atoms with Crippen LogP contribution in [0.2, 0.25) is 0 Å². The van der Waals surface area contributed by atoms with Crippen molar-refractivity contribution >= 4 is 11.7 Å². The Hall–Kier alpha value is -2.32. The maximum absolute atomic E-state index is 13.2. The molecule has 3 aliphatic rings. The second kappa shape index (κ2) is 10.5. The minimum absolute atomic E-state index is 0.112. The fourth-order valence-electron chi connectivity index (χ4n) is 5.66. The van der Waals surface area contributed by atoms with Crippen LogP contribution in [0.4, 0.5) is 0 Å². The average Bonchev–Trinajstić information content (AvgIpc) is 2.78. The zero-order valence-corrected chi connectivity index (χ0v) is 20.7. The second-order valence-electron chi connectivity index (χ2n) is 10.4. The number of carbonyl (C=O) groups excluding carboxylic acids is 2. The van der Waals surface area contributed by atoms with E-state index in [0.717, 1.165) is 6.42 Å². The molecule has 3 heterocycles. The molecule has 3 aliphatic heterocycles. The first-order chi connectivity index (χ1) is 16.3. The van der Waals surface area contributed by atoms with Crippen molar-refractivity contribution in [2.45, 2.75) is 64.0 Å². The highest BCUT2D eigenvalue weighted by atomic mass is 16.5. The van der Waals surface area contributed by atoms with E-state index >= 15 is 0 Å². The molecular weight excluding hydrogens is 436 g/mol. The maximum Gasteiger partial charge on any atom is 0.260 e. The number of carbonyl (C=O) groups is 2. The molecule has 0 aliphatic carbocycles. The van der Waals surface area contributed by atoms with E-state index < -0.39 is 5.60 Å². The fraction of sp³-hybridized carbons (Fsp3) is 0.692. The van der Waals surface area contributed by atoms with Crippen molar-refractivity contribution in [1.29, 1.82) is 0 Å². The van der Waals surface area contributed by atoms with Crippen molar-refractivity contribution in [3.63, 3.8) is 0 Å². The lowest BCUT2D eigenvalue weighted by molar-refractivity contribution is -0.135. The Morgan fingerprint density at radius 3 is 2.82 bits per heavy atom. The van der Waals surface area contributed by atoms with E-state index in [2.05, 4.69) is 4.90 Å². The first-order valence-corrected chi connectivity index (χ1v) is 12.5. The van der Waals surface area contributed by atoms with Gasteiger partial charge in [0.25, 0.3) is 5.91 Å². The Morgan fingerprint density at radius 2 is 2.03 bits per heavy atom. The summed E-state index contributed by atoms with van der Waals surface area (Å²) in [6.07, 6.45) is 6.24. The molecule has 34 heavy (non-hydrogen) atoms. The Labute approximate surface area is 202 Å². The number of piperidine rings is 2. The highest BCUT2D eigenvalue weighted by Gasteiger charge is 2.36. The molecule has 2 saturated heterocycles. The van der Waals surface area contributed by atoms with Crippen molar-refractivity contribution in [2.24, 2.45) is 5.92 Å². The Bertz CT molecular complexity index is 900. The molecular formula is C26H38N2O6. The van der Waals surface area contributed by atoms with Gasteiger partial charge in [0.05, 0.1) is 13.0 Å². The van der Waals surface area contributed by atoms with Gasteiger partial charge in [0.2, 0.25) is 0 Å². The molecule has 188 valence electrons. The van der Waals surface area contributed by atoms with Crippen LogP contribution in [-0.2, 0) is 9.53 Å². The number of ether oxygens (including phenoxy) is 3. The van der Waals surface area contributed by atoms with Crippen LogP contribution in [0.1, 0.15) is 62.7 Å². The second-order valence-corrected chi connectivity index (χ2v) is 10.4. The number of phenolic OH excluding ortho intramolecular Hbond substituents is 1. The minimum atomic E-state index is -0.658. The van der Waals surface area contributed by atoms with Crippen molar-refractivity contribution < 1.29 is 28.9 Å². The van der Waals surface area contributed by atoms with Gasteiger partial charge in [-0.2, -0.15) is 0 Å². The molecule has 2 atom stereocenters. The minimum Gasteiger partial charge on any atom is -0.507 e. The molecule has 0 aromatic heterocycles. The third-order valence-corrected chi connectivity index (χ3v) is 7.27. The van der Waals surface area contributed by atoms with Gasteiger partial charge in [-0.05, 0) is 58.5 Å². The molecule has 0 radical (unpaired) electrons. The van der Waals surface area contributed by atoms with Crippen LogP contribution in [0.15, 0.2) is 12.1 Å². The summed E-state index contributed by atoms with van der Waals surface area (Å²) in [4.78, 5) is 30.0. The number of Topliss-reactive ketones (excluding diaryl/α,β-unsaturated/α-hetero) is 1. The predicted molar refractivity (Wildman–Crippen MR) is 128 cm³/mol. The van der Waals surface area contributed by atoms with E-state index in [0.29, 0.717) is 43.2 Å². The molecule has 0 saturated carbocycles. The summed E-state index contributed by atoms with van der Waals surface area (Å²) in [7, 11) is 1.64. The van der Waals surface area contributed by atoms with Crippen molar-refractivity contribution in [1.82, 2.24) is 9.80 Å². The van der Waals surface area contributed by atoms with Gasteiger partial charge in [-0.1, -0.05) is 6.42 Å². The molecule has 0 bridgehead atoms. The molecule has 1 amide bonds. The summed E-state index contributed by atoms with van der Waals surface area (Å²) in [6, 6.07) is 3.52. The number of methoxy groups -OCH3 is 1. The molecule has 1 aromatic rings. The van der Waals surface area contributed by atoms with E-state index in [1.165, 1.54) is 44.8 Å². The predicted octanol–water partition coefficient (Wildman–Crippen LogP) is 3.25. The first-order valence-electron chi connectivity index (χ1n) is 12.5. The fourth-order valence-corrected chi connectivity index (χ4v) is 5.66. The third kappa shape index (κ3) is 5.66. The number of benzene rings is 1. The van der Waals surface area contributed by atoms with E-state index in [1.54, 1.807) is 13.2 Å². The third-order valence-electron chi connectivity index (χ3n) is 7.27. The van der Waals surface area contributed by atoms with Gasteiger partial charge < -0.3 is 29.1 Å². The molecule has 1 N–H and O–H groups in total. The molecule has 1 aromatic carbocycles. The molecule has 8 heteroatoms. The van der Waals surface area contributed by atoms with Crippen LogP contribution in [0.5, 0.6) is 17.2 Å². The van der Waals surface area contributed by atoms with Crippen molar-refractivity contribution in [3.05, 3.63) is 17.7 Å². The van der Waals surface area contributed by atoms with Crippen molar-refractivity contribution in [2.75, 3.05) is 46.5 Å². The molecule has 2 fully saturated rings. The standard InChI is InChI=1S/C26H38N2O6/c1-26(2)15-22(30)25-21(29)13-19(14-23(25)34-26)33-17-24(31)28(11-12-32-3)16-18-7-6-10-27-9-5-4-8-20(18)27/h13-14,18,20,29H,4-12,15-17H2,1-3H3/t18-,20+/m0/s1. The Morgan fingerprint density at radius 1 is 1.24 bits per heavy atom. The quantitative estimate of drug-likeness (QED) is 0.619. The zero-order chi connectivity index (χ0) is 24.3. The van der Waals surface area contributed by atoms with E-state index in [-0.39, 0.29) is 36.0 Å². The topological polar surface area (TPSA) is 88.5 Å². The van der Waals surface area contributed by atoms with Crippen LogP contribution in [0.25, 0.3) is 0 Å². The molecule has 8 nitrogen and oxygen atoms in total. The van der Waals surface area contributed by atoms with E-state index in [1.807, 2.05) is 18.7 Å². The van der Waals surface area contributed by atoms with Crippen LogP contribution in [0, 0.1) is 5.92 Å². The van der Waals surface area contributed by atoms with E-state index in [9.17, 15) is 14.7 Å². The summed E-state index contributed by atoms with van der Waals surface area (Å²) >= 11 is 0. The number of nitrogens with zero attached hydrogens (tertiary/aromatic N) is 2. The number of aromatic hydroxyl groups is 1. The zero-order valence-electron chi connectivity index (χ0n) is 20.7. The number of fused-ring (bicyclic) bond motifs is 2. The largest absolute Gasteiger partial charge is 0.507 e. The monoisotopic (exact) mass is 474 g/mol. The highest BCUT2D eigenvalue weighted by molar-refractivity contribution is 6.03. The van der Waals surface area contributed by atoms with Gasteiger partial charge in [-0.3, -0.25) is 9.59 Å². The number of hydrogen-bond donors (Lipinski definition) is 1. The molecule has 4 rings (SSSR count). The lowest BCUT2D eigenvalue weighted by Gasteiger charge is -2.45. The number of hydrogen-bond acceptors (Lipinski definition) is 7. The number of ketones is 1. The number of amides is 1. The molecule has 0 unspecified atom stereocenters. The van der Waals surface area contributed by atoms with Gasteiger partial charge in [-0.25, -0.2) is 0 Å². The van der Waals surface area contributed by atoms with Crippen LogP contribution in [-0.4, -0.2) is 84.7 Å². The lowest BCUT2D eigenvalue weighted by Crippen LogP contribution is -2.52. The van der Waals surface area contributed by atoms with Crippen LogP contribution in [0.3, 0.4) is 0 Å². The van der Waals surface area contributed by atoms with Gasteiger partial charge in [-0.15, -0.1) is 0 Å². The van der Waals surface area contributed by atoms with Gasteiger partial charge in [0.15, 0.2) is 12.4 Å².